The van der Waals surface area contributed by atoms with Crippen molar-refractivity contribution < 1.29 is 14.4 Å². The Kier molecular flexibility index (Phi) is 4.65. The van der Waals surface area contributed by atoms with E-state index in [1.165, 1.54) is 13.1 Å². The van der Waals surface area contributed by atoms with Crippen molar-refractivity contribution >= 4 is 41.2 Å². The number of hydrogen-bond donors (Lipinski definition) is 1. The molecule has 2 heterocycles. The minimum Gasteiger partial charge on any atom is -0.367 e. The lowest BCUT2D eigenvalue weighted by molar-refractivity contribution is -0.129. The topological polar surface area (TPSA) is 69.7 Å². The van der Waals surface area contributed by atoms with E-state index in [2.05, 4.69) is 10.2 Å². The molecule has 1 fully saturated rings. The fraction of sp³-hybridized carbons (Fsp3) is 0.190. The zero-order chi connectivity index (χ0) is 19.8. The highest BCUT2D eigenvalue weighted by Crippen LogP contribution is 2.32. The van der Waals surface area contributed by atoms with Crippen LogP contribution in [-0.2, 0) is 22.6 Å². The number of benzene rings is 2. The van der Waals surface area contributed by atoms with Gasteiger partial charge < -0.3 is 4.90 Å². The molecule has 142 valence electrons. The third kappa shape index (κ3) is 3.27. The minimum atomic E-state index is -0.712. The number of carbonyl (C=O) groups excluding carboxylic acids is 3. The van der Waals surface area contributed by atoms with E-state index in [9.17, 15) is 14.4 Å². The summed E-state index contributed by atoms with van der Waals surface area (Å²) in [5.74, 6) is -1.27. The van der Waals surface area contributed by atoms with Crippen molar-refractivity contribution in [1.82, 2.24) is 10.2 Å². The van der Waals surface area contributed by atoms with Crippen molar-refractivity contribution in [1.29, 1.82) is 0 Å². The second kappa shape index (κ2) is 7.13. The van der Waals surface area contributed by atoms with Gasteiger partial charge in [0.2, 0.25) is 0 Å². The van der Waals surface area contributed by atoms with E-state index in [1.807, 2.05) is 42.5 Å². The maximum Gasteiger partial charge on any atom is 0.331 e. The van der Waals surface area contributed by atoms with E-state index in [4.69, 9.17) is 11.6 Å². The summed E-state index contributed by atoms with van der Waals surface area (Å²) >= 11 is 6.28. The number of rotatable bonds is 3. The highest BCUT2D eigenvalue weighted by Gasteiger charge is 2.33. The van der Waals surface area contributed by atoms with Crippen molar-refractivity contribution in [3.05, 3.63) is 69.8 Å². The van der Waals surface area contributed by atoms with E-state index in [-0.39, 0.29) is 5.57 Å². The fourth-order valence-corrected chi connectivity index (χ4v) is 3.68. The molecule has 0 aromatic heterocycles. The molecule has 6 nitrogen and oxygen atoms in total. The molecule has 0 unspecified atom stereocenters. The van der Waals surface area contributed by atoms with E-state index in [1.54, 1.807) is 0 Å². The summed E-state index contributed by atoms with van der Waals surface area (Å²) in [5, 5.41) is 2.91. The summed E-state index contributed by atoms with van der Waals surface area (Å²) in [6, 6.07) is 12.9. The van der Waals surface area contributed by atoms with Crippen LogP contribution in [0, 0.1) is 0 Å². The summed E-state index contributed by atoms with van der Waals surface area (Å²) in [6.45, 7) is 1.60. The Morgan fingerprint density at radius 3 is 2.71 bits per heavy atom. The molecule has 0 bridgehead atoms. The summed E-state index contributed by atoms with van der Waals surface area (Å²) in [7, 11) is 1.34. The number of imide groups is 2. The van der Waals surface area contributed by atoms with Crippen LogP contribution in [0.15, 0.2) is 48.0 Å². The monoisotopic (exact) mass is 395 g/mol. The molecule has 7 heteroatoms. The average Bonchev–Trinajstić information content (AvgIpc) is 3.07. The van der Waals surface area contributed by atoms with Crippen molar-refractivity contribution in [3.8, 4) is 0 Å². The molecule has 0 atom stereocenters. The lowest BCUT2D eigenvalue weighted by Crippen LogP contribution is -2.52. The van der Waals surface area contributed by atoms with Gasteiger partial charge in [0.25, 0.3) is 11.8 Å². The number of carbonyl (C=O) groups is 3. The highest BCUT2D eigenvalue weighted by atomic mass is 35.5. The predicted molar refractivity (Wildman–Crippen MR) is 107 cm³/mol. The Bertz CT molecular complexity index is 1030. The summed E-state index contributed by atoms with van der Waals surface area (Å²) in [6.07, 6.45) is 2.40. The molecular weight excluding hydrogens is 378 g/mol. The number of hydrogen-bond acceptors (Lipinski definition) is 4. The van der Waals surface area contributed by atoms with Gasteiger partial charge in [0.05, 0.1) is 0 Å². The number of halogens is 1. The van der Waals surface area contributed by atoms with Crippen LogP contribution < -0.4 is 10.2 Å². The Morgan fingerprint density at radius 2 is 1.93 bits per heavy atom. The van der Waals surface area contributed by atoms with Gasteiger partial charge in [-0.1, -0.05) is 35.9 Å². The molecule has 2 aromatic rings. The third-order valence-corrected chi connectivity index (χ3v) is 5.40. The Labute approximate surface area is 167 Å². The molecule has 0 radical (unpaired) electrons. The van der Waals surface area contributed by atoms with Crippen molar-refractivity contribution in [2.24, 2.45) is 0 Å². The van der Waals surface area contributed by atoms with E-state index in [0.717, 1.165) is 51.8 Å². The molecule has 1 N–H and O–H groups in total. The number of fused-ring (bicyclic) bond motifs is 1. The zero-order valence-electron chi connectivity index (χ0n) is 15.2. The molecule has 0 saturated carbocycles. The maximum atomic E-state index is 12.2. The second-order valence-electron chi connectivity index (χ2n) is 6.83. The van der Waals surface area contributed by atoms with Crippen LogP contribution in [0.5, 0.6) is 0 Å². The largest absolute Gasteiger partial charge is 0.367 e. The van der Waals surface area contributed by atoms with Gasteiger partial charge in [0, 0.05) is 30.8 Å². The number of nitrogens with zero attached hydrogens (tertiary/aromatic N) is 2. The summed E-state index contributed by atoms with van der Waals surface area (Å²) in [4.78, 5) is 38.9. The molecule has 0 spiro atoms. The molecule has 0 aliphatic carbocycles. The first-order valence-electron chi connectivity index (χ1n) is 8.90. The number of anilines is 1. The number of likely N-dealkylation sites (N-methyl/N-ethyl adjacent to an activating group) is 1. The van der Waals surface area contributed by atoms with Crippen LogP contribution in [-0.4, -0.2) is 36.3 Å². The first kappa shape index (κ1) is 18.3. The first-order valence-corrected chi connectivity index (χ1v) is 9.28. The fourth-order valence-electron chi connectivity index (χ4n) is 3.49. The predicted octanol–water partition coefficient (Wildman–Crippen LogP) is 2.99. The number of nitrogens with one attached hydrogen (secondary N) is 1. The van der Waals surface area contributed by atoms with Gasteiger partial charge in [-0.2, -0.15) is 0 Å². The van der Waals surface area contributed by atoms with Crippen LogP contribution in [0.3, 0.4) is 0 Å². The van der Waals surface area contributed by atoms with Gasteiger partial charge in [-0.3, -0.25) is 19.8 Å². The van der Waals surface area contributed by atoms with Crippen LogP contribution in [0.4, 0.5) is 10.5 Å². The number of urea groups is 1. The van der Waals surface area contributed by atoms with Crippen molar-refractivity contribution in [2.75, 3.05) is 18.5 Å². The van der Waals surface area contributed by atoms with E-state index in [0.29, 0.717) is 0 Å². The molecule has 2 aliphatic heterocycles. The minimum absolute atomic E-state index is 0.0482. The summed E-state index contributed by atoms with van der Waals surface area (Å²) in [5.41, 5.74) is 4.04. The van der Waals surface area contributed by atoms with Crippen LogP contribution in [0.25, 0.3) is 6.08 Å². The molecule has 2 aliphatic rings. The first-order chi connectivity index (χ1) is 13.4. The van der Waals surface area contributed by atoms with Crippen molar-refractivity contribution in [2.45, 2.75) is 13.0 Å². The third-order valence-electron chi connectivity index (χ3n) is 5.03. The summed E-state index contributed by atoms with van der Waals surface area (Å²) < 4.78 is 0. The number of barbiturate groups is 1. The van der Waals surface area contributed by atoms with Crippen LogP contribution >= 0.6 is 11.6 Å². The van der Waals surface area contributed by atoms with Gasteiger partial charge in [-0.25, -0.2) is 4.79 Å². The van der Waals surface area contributed by atoms with Crippen molar-refractivity contribution in [3.63, 3.8) is 0 Å². The Morgan fingerprint density at radius 1 is 1.14 bits per heavy atom. The zero-order valence-corrected chi connectivity index (χ0v) is 16.0. The SMILES string of the molecule is CN1C(=O)NC(=O)/C(=C\c2ccc3c(c2)CCN3Cc2ccccc2Cl)C1=O. The molecule has 4 amide bonds. The lowest BCUT2D eigenvalue weighted by atomic mass is 10.0. The van der Waals surface area contributed by atoms with Gasteiger partial charge in [-0.05, 0) is 47.4 Å². The average molecular weight is 396 g/mol. The molecule has 2 aromatic carbocycles. The van der Waals surface area contributed by atoms with Gasteiger partial charge in [0.1, 0.15) is 5.57 Å². The molecule has 1 saturated heterocycles. The maximum absolute atomic E-state index is 12.2. The van der Waals surface area contributed by atoms with Gasteiger partial charge >= 0.3 is 6.03 Å². The smallest absolute Gasteiger partial charge is 0.331 e. The van der Waals surface area contributed by atoms with Gasteiger partial charge in [-0.15, -0.1) is 0 Å². The molecular formula is C21H18ClN3O3. The second-order valence-corrected chi connectivity index (χ2v) is 7.24. The number of amides is 4. The van der Waals surface area contributed by atoms with Crippen LogP contribution in [0.1, 0.15) is 16.7 Å². The highest BCUT2D eigenvalue weighted by molar-refractivity contribution is 6.31. The quantitative estimate of drug-likeness (QED) is 0.640. The van der Waals surface area contributed by atoms with E-state index < -0.39 is 17.8 Å². The molecule has 28 heavy (non-hydrogen) atoms. The normalized spacial score (nSPS) is 17.9. The molecule has 4 rings (SSSR count). The van der Waals surface area contributed by atoms with Crippen LogP contribution in [0.2, 0.25) is 5.02 Å². The Hall–Kier alpha value is -3.12. The Balaban J connectivity index is 1.59. The van der Waals surface area contributed by atoms with E-state index >= 15 is 0 Å². The van der Waals surface area contributed by atoms with Gasteiger partial charge in [0.15, 0.2) is 0 Å². The standard InChI is InChI=1S/C21H18ClN3O3/c1-24-20(27)16(19(26)23-21(24)28)11-13-6-7-18-14(10-13)8-9-25(18)12-15-4-2-3-5-17(15)22/h2-7,10-11H,8-9,12H2,1H3,(H,23,26,28)/b16-11+. The lowest BCUT2D eigenvalue weighted by Gasteiger charge is -2.22.